The number of hydroxylamine groups is 1. The minimum absolute atomic E-state index is 0.0996. The lowest BCUT2D eigenvalue weighted by atomic mass is 10.2. The van der Waals surface area contributed by atoms with Crippen LogP contribution in [-0.2, 0) is 4.84 Å². The predicted octanol–water partition coefficient (Wildman–Crippen LogP) is -1.16. The third kappa shape index (κ3) is 3.34. The molecule has 0 heterocycles. The summed E-state index contributed by atoms with van der Waals surface area (Å²) in [5.41, 5.74) is -1.06. The van der Waals surface area contributed by atoms with Crippen LogP contribution in [0.4, 0.5) is 0 Å². The summed E-state index contributed by atoms with van der Waals surface area (Å²) in [6, 6.07) is -0.0996. The Morgan fingerprint density at radius 3 is 1.81 bits per heavy atom. The Balaban J connectivity index is 4.92. The highest BCUT2D eigenvalue weighted by Gasteiger charge is 2.51. The van der Waals surface area contributed by atoms with Crippen LogP contribution < -0.4 is 29.2 Å². The fourth-order valence-electron chi connectivity index (χ4n) is 1.13. The number of hydrogen-bond acceptors (Lipinski definition) is 6. The molecule has 0 rings (SSSR count). The average molecular weight is 237 g/mol. The third-order valence-electron chi connectivity index (χ3n) is 3.11. The highest BCUT2D eigenvalue weighted by molar-refractivity contribution is 4.55. The zero-order valence-corrected chi connectivity index (χ0v) is 10.7. The summed E-state index contributed by atoms with van der Waals surface area (Å²) >= 11 is 0. The molecule has 8 heteroatoms. The molecule has 2 atom stereocenters. The van der Waals surface area contributed by atoms with Crippen molar-refractivity contribution in [3.05, 3.63) is 0 Å². The van der Waals surface area contributed by atoms with Gasteiger partial charge in [0.15, 0.2) is 6.04 Å². The van der Waals surface area contributed by atoms with Crippen LogP contribution in [0.25, 0.3) is 0 Å². The van der Waals surface area contributed by atoms with Crippen LogP contribution in [0.3, 0.4) is 0 Å². The molecular weight excluding hydrogens is 210 g/mol. The Hall–Kier alpha value is -0.320. The molecule has 0 aromatic rings. The molecule has 10 N–H and O–H groups in total. The van der Waals surface area contributed by atoms with Crippen molar-refractivity contribution in [1.29, 1.82) is 0 Å². The zero-order valence-electron chi connectivity index (χ0n) is 10.7. The Kier molecular flexibility index (Phi) is 4.80. The van der Waals surface area contributed by atoms with E-state index in [-0.39, 0.29) is 6.04 Å². The maximum Gasteiger partial charge on any atom is 0.307 e. The van der Waals surface area contributed by atoms with Gasteiger partial charge in [-0.2, -0.15) is 0 Å². The van der Waals surface area contributed by atoms with Crippen molar-refractivity contribution in [2.75, 3.05) is 0 Å². The zero-order chi connectivity index (χ0) is 13.2. The quantitative estimate of drug-likeness (QED) is 0.171. The van der Waals surface area contributed by atoms with Gasteiger partial charge >= 0.3 is 5.72 Å². The van der Waals surface area contributed by atoms with Crippen molar-refractivity contribution < 1.29 is 14.5 Å². The first-order chi connectivity index (χ1) is 7.00. The Morgan fingerprint density at radius 2 is 1.56 bits per heavy atom. The molecule has 0 amide bonds. The number of quaternary nitrogens is 2. The van der Waals surface area contributed by atoms with Crippen molar-refractivity contribution in [1.82, 2.24) is 0 Å². The second kappa shape index (κ2) is 4.90. The maximum atomic E-state index is 5.85. The topological polar surface area (TPSA) is 139 Å². The van der Waals surface area contributed by atoms with Gasteiger partial charge in [0.1, 0.15) is 0 Å². The normalized spacial score (nSPS) is 19.3. The molecule has 2 unspecified atom stereocenters. The van der Waals surface area contributed by atoms with Gasteiger partial charge < -0.3 is 0 Å². The Morgan fingerprint density at radius 1 is 1.12 bits per heavy atom. The van der Waals surface area contributed by atoms with Crippen LogP contribution in [0, 0.1) is 0 Å². The van der Waals surface area contributed by atoms with Crippen LogP contribution in [0.15, 0.2) is 0 Å². The fraction of sp³-hybridized carbons (Fsp3) is 1.00. The highest BCUT2D eigenvalue weighted by atomic mass is 16.8. The van der Waals surface area contributed by atoms with E-state index in [1.54, 1.807) is 6.92 Å². The average Bonchev–Trinajstić information content (AvgIpc) is 2.13. The molecular formula is C8H27N7O+2. The van der Waals surface area contributed by atoms with Gasteiger partial charge in [-0.3, -0.25) is 0 Å². The van der Waals surface area contributed by atoms with Crippen LogP contribution in [-0.4, -0.2) is 21.4 Å². The van der Waals surface area contributed by atoms with E-state index in [1.165, 1.54) is 0 Å². The summed E-state index contributed by atoms with van der Waals surface area (Å²) in [5, 5.41) is 0. The molecule has 0 aliphatic carbocycles. The summed E-state index contributed by atoms with van der Waals surface area (Å²) in [6.45, 7) is 7.34. The molecule has 0 saturated carbocycles. The van der Waals surface area contributed by atoms with Gasteiger partial charge in [0, 0.05) is 19.8 Å². The van der Waals surface area contributed by atoms with Crippen molar-refractivity contribution in [3.8, 4) is 0 Å². The molecule has 0 aliphatic rings. The van der Waals surface area contributed by atoms with E-state index in [0.29, 0.717) is 6.42 Å². The largest absolute Gasteiger partial charge is 0.307 e. The monoisotopic (exact) mass is 237 g/mol. The lowest BCUT2D eigenvalue weighted by Crippen LogP contribution is -2.81. The SMILES string of the molecule is CCC(C)[N+](N)(N)OC(C)(CC)[N+](N)(N)N. The van der Waals surface area contributed by atoms with E-state index < -0.39 is 15.4 Å². The minimum atomic E-state index is -1.06. The molecule has 16 heavy (non-hydrogen) atoms. The predicted molar refractivity (Wildman–Crippen MR) is 61.0 cm³/mol. The molecule has 98 valence electrons. The van der Waals surface area contributed by atoms with E-state index in [0.717, 1.165) is 6.42 Å². The van der Waals surface area contributed by atoms with E-state index >= 15 is 0 Å². The molecule has 0 saturated heterocycles. The summed E-state index contributed by atoms with van der Waals surface area (Å²) < 4.78 is 0. The van der Waals surface area contributed by atoms with Crippen molar-refractivity contribution in [3.63, 3.8) is 0 Å². The number of nitrogens with two attached hydrogens (primary N) is 5. The standard InChI is InChI=1S/C8H27N7O/c1-5-7(3)14(9,10)16-8(4,6-2)15(11,12)13/h7H,5-6,9-13H2,1-4H3/q+2. The number of rotatable bonds is 6. The van der Waals surface area contributed by atoms with Crippen LogP contribution >= 0.6 is 0 Å². The lowest BCUT2D eigenvalue weighted by Gasteiger charge is -2.41. The van der Waals surface area contributed by atoms with Gasteiger partial charge in [-0.05, 0) is 11.8 Å². The fourth-order valence-corrected chi connectivity index (χ4v) is 1.13. The van der Waals surface area contributed by atoms with E-state index in [4.69, 9.17) is 34.1 Å². The maximum absolute atomic E-state index is 5.85. The molecule has 0 aliphatic heterocycles. The van der Waals surface area contributed by atoms with Crippen molar-refractivity contribution in [2.24, 2.45) is 29.2 Å². The van der Waals surface area contributed by atoms with E-state index in [1.807, 2.05) is 20.8 Å². The van der Waals surface area contributed by atoms with Gasteiger partial charge in [-0.1, -0.05) is 23.5 Å². The first-order valence-corrected chi connectivity index (χ1v) is 5.41. The Labute approximate surface area is 96.9 Å². The van der Waals surface area contributed by atoms with Crippen LogP contribution in [0.2, 0.25) is 0 Å². The van der Waals surface area contributed by atoms with Gasteiger partial charge in [-0.15, -0.1) is 29.2 Å². The molecule has 0 aromatic heterocycles. The third-order valence-corrected chi connectivity index (χ3v) is 3.11. The highest BCUT2D eigenvalue weighted by Crippen LogP contribution is 2.23. The molecule has 0 bridgehead atoms. The summed E-state index contributed by atoms with van der Waals surface area (Å²) in [6.07, 6.45) is 1.23. The van der Waals surface area contributed by atoms with Gasteiger partial charge in [0.05, 0.1) is 0 Å². The smallest absolute Gasteiger partial charge is 0.139 e. The second-order valence-electron chi connectivity index (χ2n) is 4.48. The van der Waals surface area contributed by atoms with Crippen LogP contribution in [0.5, 0.6) is 0 Å². The van der Waals surface area contributed by atoms with Crippen LogP contribution in [0.1, 0.15) is 40.5 Å². The number of hydrogen-bond donors (Lipinski definition) is 5. The summed E-state index contributed by atoms with van der Waals surface area (Å²) in [7, 11) is 0. The lowest BCUT2D eigenvalue weighted by molar-refractivity contribution is -1.20. The van der Waals surface area contributed by atoms with Gasteiger partial charge in [0.2, 0.25) is 0 Å². The molecule has 8 nitrogen and oxygen atoms in total. The van der Waals surface area contributed by atoms with E-state index in [9.17, 15) is 0 Å². The summed E-state index contributed by atoms with van der Waals surface area (Å²) in [5.74, 6) is 28.6. The van der Waals surface area contributed by atoms with Crippen molar-refractivity contribution >= 4 is 0 Å². The van der Waals surface area contributed by atoms with Gasteiger partial charge in [-0.25, -0.2) is 0 Å². The number of nitrogens with zero attached hydrogens (tertiary/aromatic N) is 2. The minimum Gasteiger partial charge on any atom is -0.139 e. The second-order valence-corrected chi connectivity index (χ2v) is 4.48. The molecule has 0 aromatic carbocycles. The molecule has 0 radical (unpaired) electrons. The van der Waals surface area contributed by atoms with Gasteiger partial charge in [0.25, 0.3) is 0 Å². The molecule has 0 spiro atoms. The Bertz CT molecular complexity index is 227. The van der Waals surface area contributed by atoms with Crippen molar-refractivity contribution in [2.45, 2.75) is 52.3 Å². The molecule has 0 fully saturated rings. The first-order valence-electron chi connectivity index (χ1n) is 5.41. The first kappa shape index (κ1) is 15.7. The summed E-state index contributed by atoms with van der Waals surface area (Å²) in [4.78, 5) is 4.12. The van der Waals surface area contributed by atoms with E-state index in [2.05, 4.69) is 0 Å².